The molecule has 1 aromatic heterocycles. The van der Waals surface area contributed by atoms with Crippen LogP contribution in [0.15, 0.2) is 12.3 Å². The molecule has 5 heteroatoms. The topological polar surface area (TPSA) is 65.2 Å². The lowest BCUT2D eigenvalue weighted by molar-refractivity contribution is -0.120. The van der Waals surface area contributed by atoms with Crippen LogP contribution in [0.1, 0.15) is 18.4 Å². The van der Waals surface area contributed by atoms with E-state index in [0.717, 1.165) is 6.20 Å². The van der Waals surface area contributed by atoms with E-state index in [-0.39, 0.29) is 5.88 Å². The SMILES string of the molecule is COc1ncc(F)cc1C1(C(N)=O)CC1. The molecule has 0 aromatic carbocycles. The van der Waals surface area contributed by atoms with Crippen molar-refractivity contribution in [1.82, 2.24) is 4.98 Å². The maximum absolute atomic E-state index is 13.0. The molecule has 2 N–H and O–H groups in total. The molecule has 1 aromatic rings. The van der Waals surface area contributed by atoms with Crippen molar-refractivity contribution in [1.29, 1.82) is 0 Å². The van der Waals surface area contributed by atoms with Gasteiger partial charge >= 0.3 is 0 Å². The van der Waals surface area contributed by atoms with Gasteiger partial charge in [0.25, 0.3) is 0 Å². The van der Waals surface area contributed by atoms with Gasteiger partial charge < -0.3 is 10.5 Å². The van der Waals surface area contributed by atoms with Gasteiger partial charge in [-0.05, 0) is 18.9 Å². The number of aromatic nitrogens is 1. The van der Waals surface area contributed by atoms with Crippen LogP contribution in [0.2, 0.25) is 0 Å². The zero-order valence-corrected chi connectivity index (χ0v) is 8.29. The molecule has 2 rings (SSSR count). The molecule has 1 fully saturated rings. The highest BCUT2D eigenvalue weighted by Crippen LogP contribution is 2.50. The highest BCUT2D eigenvalue weighted by molar-refractivity contribution is 5.90. The van der Waals surface area contributed by atoms with Gasteiger partial charge in [0.15, 0.2) is 0 Å². The van der Waals surface area contributed by atoms with Gasteiger partial charge in [0.05, 0.1) is 18.7 Å². The Bertz CT molecular complexity index is 416. The van der Waals surface area contributed by atoms with Gasteiger partial charge in [0, 0.05) is 5.56 Å². The van der Waals surface area contributed by atoms with E-state index in [4.69, 9.17) is 10.5 Å². The summed E-state index contributed by atoms with van der Waals surface area (Å²) < 4.78 is 18.0. The zero-order valence-electron chi connectivity index (χ0n) is 8.29. The van der Waals surface area contributed by atoms with Crippen LogP contribution < -0.4 is 10.5 Å². The number of methoxy groups -OCH3 is 1. The summed E-state index contributed by atoms with van der Waals surface area (Å²) in [7, 11) is 1.43. The van der Waals surface area contributed by atoms with E-state index in [2.05, 4.69) is 4.98 Å². The molecule has 0 spiro atoms. The van der Waals surface area contributed by atoms with Crippen LogP contribution >= 0.6 is 0 Å². The summed E-state index contributed by atoms with van der Waals surface area (Å²) in [6.07, 6.45) is 2.31. The van der Waals surface area contributed by atoms with Crippen LogP contribution in [0.3, 0.4) is 0 Å². The average molecular weight is 210 g/mol. The number of ether oxygens (including phenoxy) is 1. The molecule has 1 saturated carbocycles. The second-order valence-electron chi connectivity index (χ2n) is 3.66. The number of halogens is 1. The second kappa shape index (κ2) is 3.18. The third kappa shape index (κ3) is 1.44. The van der Waals surface area contributed by atoms with E-state index in [0.29, 0.717) is 18.4 Å². The van der Waals surface area contributed by atoms with Gasteiger partial charge in [0.2, 0.25) is 11.8 Å². The smallest absolute Gasteiger partial charge is 0.228 e. The standard InChI is InChI=1S/C10H11FN2O2/c1-15-8-7(4-6(11)5-13-8)10(2-3-10)9(12)14/h4-5H,2-3H2,1H3,(H2,12,14). The van der Waals surface area contributed by atoms with Gasteiger partial charge in [-0.2, -0.15) is 0 Å². The van der Waals surface area contributed by atoms with Crippen molar-refractivity contribution in [3.8, 4) is 5.88 Å². The minimum Gasteiger partial charge on any atom is -0.481 e. The molecule has 1 amide bonds. The molecule has 0 radical (unpaired) electrons. The lowest BCUT2D eigenvalue weighted by Crippen LogP contribution is -2.29. The quantitative estimate of drug-likeness (QED) is 0.800. The van der Waals surface area contributed by atoms with E-state index in [1.807, 2.05) is 0 Å². The third-order valence-electron chi connectivity index (χ3n) is 2.75. The molecule has 1 aliphatic carbocycles. The first kappa shape index (κ1) is 9.89. The van der Waals surface area contributed by atoms with Crippen molar-refractivity contribution in [2.75, 3.05) is 7.11 Å². The van der Waals surface area contributed by atoms with Gasteiger partial charge in [-0.15, -0.1) is 0 Å². The van der Waals surface area contributed by atoms with E-state index < -0.39 is 17.1 Å². The molecule has 0 bridgehead atoms. The van der Waals surface area contributed by atoms with Crippen LogP contribution in [-0.4, -0.2) is 18.0 Å². The summed E-state index contributed by atoms with van der Waals surface area (Å²) in [6.45, 7) is 0. The Morgan fingerprint density at radius 3 is 2.80 bits per heavy atom. The Labute approximate surface area is 86.3 Å². The molecule has 0 saturated heterocycles. The van der Waals surface area contributed by atoms with Crippen LogP contribution in [0, 0.1) is 5.82 Å². The maximum Gasteiger partial charge on any atom is 0.228 e. The highest BCUT2D eigenvalue weighted by atomic mass is 19.1. The second-order valence-corrected chi connectivity index (χ2v) is 3.66. The number of carbonyl (C=O) groups excluding carboxylic acids is 1. The minimum atomic E-state index is -0.763. The first-order valence-electron chi connectivity index (χ1n) is 4.60. The molecule has 80 valence electrons. The van der Waals surface area contributed by atoms with Gasteiger partial charge in [-0.25, -0.2) is 9.37 Å². The number of primary amides is 1. The summed E-state index contributed by atoms with van der Waals surface area (Å²) >= 11 is 0. The predicted octanol–water partition coefficient (Wildman–Crippen LogP) is 0.746. The van der Waals surface area contributed by atoms with E-state index in [9.17, 15) is 9.18 Å². The van der Waals surface area contributed by atoms with Crippen molar-refractivity contribution >= 4 is 5.91 Å². The van der Waals surface area contributed by atoms with E-state index in [1.165, 1.54) is 13.2 Å². The number of nitrogens with zero attached hydrogens (tertiary/aromatic N) is 1. The summed E-state index contributed by atoms with van der Waals surface area (Å²) in [4.78, 5) is 15.1. The van der Waals surface area contributed by atoms with Crippen LogP contribution in [0.25, 0.3) is 0 Å². The van der Waals surface area contributed by atoms with Gasteiger partial charge in [0.1, 0.15) is 5.82 Å². The van der Waals surface area contributed by atoms with E-state index >= 15 is 0 Å². The number of pyridine rings is 1. The molecule has 0 aliphatic heterocycles. The average Bonchev–Trinajstić information content (AvgIpc) is 2.98. The predicted molar refractivity (Wildman–Crippen MR) is 50.9 cm³/mol. The molecular formula is C10H11FN2O2. The summed E-state index contributed by atoms with van der Waals surface area (Å²) in [5.74, 6) is -0.667. The monoisotopic (exact) mass is 210 g/mol. The van der Waals surface area contributed by atoms with Crippen molar-refractivity contribution in [3.05, 3.63) is 23.6 Å². The Hall–Kier alpha value is -1.65. The van der Waals surface area contributed by atoms with E-state index in [1.54, 1.807) is 0 Å². The Morgan fingerprint density at radius 2 is 2.33 bits per heavy atom. The molecule has 1 aliphatic rings. The fourth-order valence-electron chi connectivity index (χ4n) is 1.71. The Balaban J connectivity index is 2.51. The summed E-state index contributed by atoms with van der Waals surface area (Å²) in [6, 6.07) is 1.27. The fourth-order valence-corrected chi connectivity index (χ4v) is 1.71. The molecule has 4 nitrogen and oxygen atoms in total. The largest absolute Gasteiger partial charge is 0.481 e. The molecule has 1 heterocycles. The van der Waals surface area contributed by atoms with Crippen molar-refractivity contribution in [2.45, 2.75) is 18.3 Å². The first-order valence-corrected chi connectivity index (χ1v) is 4.60. The van der Waals surface area contributed by atoms with Gasteiger partial charge in [-0.3, -0.25) is 4.79 Å². The summed E-state index contributed by atoms with van der Waals surface area (Å²) in [5, 5.41) is 0. The normalized spacial score (nSPS) is 17.2. The highest BCUT2D eigenvalue weighted by Gasteiger charge is 2.52. The number of hydrogen-bond acceptors (Lipinski definition) is 3. The van der Waals surface area contributed by atoms with Crippen LogP contribution in [0.5, 0.6) is 5.88 Å². The van der Waals surface area contributed by atoms with Crippen LogP contribution in [-0.2, 0) is 10.2 Å². The number of hydrogen-bond donors (Lipinski definition) is 1. The lowest BCUT2D eigenvalue weighted by Gasteiger charge is -2.14. The fraction of sp³-hybridized carbons (Fsp3) is 0.400. The minimum absolute atomic E-state index is 0.271. The molecular weight excluding hydrogens is 199 g/mol. The molecule has 15 heavy (non-hydrogen) atoms. The zero-order chi connectivity index (χ0) is 11.1. The summed E-state index contributed by atoms with van der Waals surface area (Å²) in [5.41, 5.74) is 4.99. The molecule has 0 atom stereocenters. The Morgan fingerprint density at radius 1 is 1.67 bits per heavy atom. The van der Waals surface area contributed by atoms with Crippen molar-refractivity contribution < 1.29 is 13.9 Å². The number of amides is 1. The number of nitrogens with two attached hydrogens (primary N) is 1. The number of carbonyl (C=O) groups is 1. The first-order chi connectivity index (χ1) is 7.10. The van der Waals surface area contributed by atoms with Crippen LogP contribution in [0.4, 0.5) is 4.39 Å². The maximum atomic E-state index is 13.0. The lowest BCUT2D eigenvalue weighted by atomic mass is 9.96. The van der Waals surface area contributed by atoms with Crippen molar-refractivity contribution in [3.63, 3.8) is 0 Å². The van der Waals surface area contributed by atoms with Gasteiger partial charge in [-0.1, -0.05) is 0 Å². The molecule has 0 unspecified atom stereocenters. The Kier molecular flexibility index (Phi) is 2.10. The third-order valence-corrected chi connectivity index (χ3v) is 2.75. The van der Waals surface area contributed by atoms with Crippen molar-refractivity contribution in [2.24, 2.45) is 5.73 Å². The number of rotatable bonds is 3.